The molecule has 0 aliphatic heterocycles. The number of benzene rings is 1. The maximum Gasteiger partial charge on any atom is 0.349 e. The number of rotatable bonds is 8. The number of hydrogen-bond acceptors (Lipinski definition) is 6. The zero-order chi connectivity index (χ0) is 20.9. The molecule has 1 aromatic heterocycles. The molecule has 1 unspecified atom stereocenters. The molecule has 1 heterocycles. The van der Waals surface area contributed by atoms with Gasteiger partial charge < -0.3 is 10.1 Å². The van der Waals surface area contributed by atoms with E-state index in [9.17, 15) is 22.4 Å². The number of amides is 1. The van der Waals surface area contributed by atoms with E-state index in [1.54, 1.807) is 18.2 Å². The van der Waals surface area contributed by atoms with Crippen molar-refractivity contribution in [1.29, 1.82) is 0 Å². The maximum absolute atomic E-state index is 13.8. The van der Waals surface area contributed by atoms with E-state index in [1.165, 1.54) is 19.1 Å². The highest BCUT2D eigenvalue weighted by Crippen LogP contribution is 2.21. The minimum Gasteiger partial charge on any atom is -0.448 e. The topological polar surface area (TPSA) is 102 Å². The van der Waals surface area contributed by atoms with Gasteiger partial charge in [0.2, 0.25) is 10.0 Å². The standard InChI is InChI=1S/C17H18BrFN2O5S2/c1-10(16(22)21-14-5-3-11(18)9-13(14)19)26-17(23)15-6-4-12(27-15)7-8-20-28(2,24)25/h3-6,9-10,20H,7-8H2,1-2H3,(H,21,22). The smallest absolute Gasteiger partial charge is 0.349 e. The lowest BCUT2D eigenvalue weighted by atomic mass is 10.3. The minimum atomic E-state index is -3.27. The van der Waals surface area contributed by atoms with E-state index in [1.807, 2.05) is 0 Å². The molecule has 0 aliphatic carbocycles. The van der Waals surface area contributed by atoms with E-state index in [0.29, 0.717) is 10.9 Å². The summed E-state index contributed by atoms with van der Waals surface area (Å²) in [7, 11) is -3.27. The molecule has 0 radical (unpaired) electrons. The predicted octanol–water partition coefficient (Wildman–Crippen LogP) is 2.93. The van der Waals surface area contributed by atoms with E-state index in [2.05, 4.69) is 26.0 Å². The Balaban J connectivity index is 1.90. The summed E-state index contributed by atoms with van der Waals surface area (Å²) in [5, 5.41) is 2.37. The maximum atomic E-state index is 13.8. The molecule has 152 valence electrons. The second kappa shape index (κ2) is 9.59. The van der Waals surface area contributed by atoms with Gasteiger partial charge in [-0.2, -0.15) is 0 Å². The normalized spacial score (nSPS) is 12.4. The Morgan fingerprint density at radius 2 is 2.00 bits per heavy atom. The zero-order valence-electron chi connectivity index (χ0n) is 15.0. The Labute approximate surface area is 174 Å². The van der Waals surface area contributed by atoms with Crippen LogP contribution in [0.3, 0.4) is 0 Å². The van der Waals surface area contributed by atoms with Crippen LogP contribution in [0.25, 0.3) is 0 Å². The molecule has 2 aromatic rings. The Morgan fingerprint density at radius 3 is 2.64 bits per heavy atom. The van der Waals surface area contributed by atoms with Gasteiger partial charge in [0.25, 0.3) is 5.91 Å². The summed E-state index contributed by atoms with van der Waals surface area (Å²) in [4.78, 5) is 25.4. The molecule has 2 rings (SSSR count). The number of nitrogens with one attached hydrogen (secondary N) is 2. The highest BCUT2D eigenvalue weighted by Gasteiger charge is 2.21. The minimum absolute atomic E-state index is 0.0205. The first-order chi connectivity index (χ1) is 13.0. The largest absolute Gasteiger partial charge is 0.448 e. The van der Waals surface area contributed by atoms with Gasteiger partial charge in [-0.15, -0.1) is 11.3 Å². The van der Waals surface area contributed by atoms with Crippen LogP contribution in [0.15, 0.2) is 34.8 Å². The van der Waals surface area contributed by atoms with E-state index >= 15 is 0 Å². The molecule has 1 aromatic carbocycles. The lowest BCUT2D eigenvalue weighted by molar-refractivity contribution is -0.123. The monoisotopic (exact) mass is 492 g/mol. The number of carbonyl (C=O) groups is 2. The Morgan fingerprint density at radius 1 is 1.29 bits per heavy atom. The summed E-state index contributed by atoms with van der Waals surface area (Å²) in [6.07, 6.45) is 0.355. The molecule has 0 saturated heterocycles. The van der Waals surface area contributed by atoms with Crippen molar-refractivity contribution >= 4 is 54.9 Å². The number of esters is 1. The third-order valence-corrected chi connectivity index (χ3v) is 5.79. The number of ether oxygens (including phenoxy) is 1. The molecule has 11 heteroatoms. The predicted molar refractivity (Wildman–Crippen MR) is 108 cm³/mol. The van der Waals surface area contributed by atoms with Crippen LogP contribution in [0, 0.1) is 5.82 Å². The van der Waals surface area contributed by atoms with Gasteiger partial charge in [-0.1, -0.05) is 15.9 Å². The van der Waals surface area contributed by atoms with Crippen LogP contribution in [-0.2, 0) is 26.0 Å². The summed E-state index contributed by atoms with van der Waals surface area (Å²) in [5.41, 5.74) is -0.0205. The van der Waals surface area contributed by atoms with Gasteiger partial charge in [0.15, 0.2) is 6.10 Å². The van der Waals surface area contributed by atoms with Crippen molar-refractivity contribution in [3.05, 3.63) is 50.4 Å². The molecule has 7 nitrogen and oxygen atoms in total. The summed E-state index contributed by atoms with van der Waals surface area (Å²) in [6.45, 7) is 1.60. The highest BCUT2D eigenvalue weighted by molar-refractivity contribution is 9.10. The fourth-order valence-electron chi connectivity index (χ4n) is 2.08. The van der Waals surface area contributed by atoms with Crippen molar-refractivity contribution in [3.8, 4) is 0 Å². The summed E-state index contributed by atoms with van der Waals surface area (Å²) in [5.74, 6) is -1.97. The van der Waals surface area contributed by atoms with Crippen LogP contribution >= 0.6 is 27.3 Å². The molecule has 0 aliphatic rings. The average molecular weight is 493 g/mol. The van der Waals surface area contributed by atoms with Gasteiger partial charge in [0, 0.05) is 15.9 Å². The van der Waals surface area contributed by atoms with Crippen molar-refractivity contribution in [2.24, 2.45) is 0 Å². The molecular formula is C17H18BrFN2O5S2. The number of halogens is 2. The molecule has 0 spiro atoms. The third kappa shape index (κ3) is 6.97. The number of sulfonamides is 1. The Kier molecular flexibility index (Phi) is 7.70. The summed E-state index contributed by atoms with van der Waals surface area (Å²) >= 11 is 4.27. The van der Waals surface area contributed by atoms with E-state index in [0.717, 1.165) is 22.5 Å². The molecule has 0 fully saturated rings. The first-order valence-electron chi connectivity index (χ1n) is 8.05. The van der Waals surface area contributed by atoms with Crippen LogP contribution in [0.1, 0.15) is 21.5 Å². The Hall–Kier alpha value is -1.82. The molecule has 0 bridgehead atoms. The van der Waals surface area contributed by atoms with Crippen molar-refractivity contribution < 1.29 is 27.1 Å². The second-order valence-corrected chi connectivity index (χ2v) is 9.76. The van der Waals surface area contributed by atoms with Gasteiger partial charge in [-0.05, 0) is 43.7 Å². The molecular weight excluding hydrogens is 475 g/mol. The molecule has 1 atom stereocenters. The van der Waals surface area contributed by atoms with Crippen LogP contribution in [0.4, 0.5) is 10.1 Å². The first kappa shape index (κ1) is 22.5. The van der Waals surface area contributed by atoms with Crippen molar-refractivity contribution in [1.82, 2.24) is 4.72 Å². The second-order valence-electron chi connectivity index (χ2n) is 5.84. The SMILES string of the molecule is CC(OC(=O)c1ccc(CCNS(C)(=O)=O)s1)C(=O)Nc1ccc(Br)cc1F. The number of hydrogen-bond donors (Lipinski definition) is 2. The zero-order valence-corrected chi connectivity index (χ0v) is 18.2. The summed E-state index contributed by atoms with van der Waals surface area (Å²) in [6, 6.07) is 7.40. The van der Waals surface area contributed by atoms with Crippen LogP contribution in [0.2, 0.25) is 0 Å². The van der Waals surface area contributed by atoms with Gasteiger partial charge in [0.05, 0.1) is 11.9 Å². The van der Waals surface area contributed by atoms with Gasteiger partial charge in [-0.25, -0.2) is 22.3 Å². The van der Waals surface area contributed by atoms with Crippen LogP contribution < -0.4 is 10.0 Å². The average Bonchev–Trinajstić information content (AvgIpc) is 3.05. The van der Waals surface area contributed by atoms with E-state index < -0.39 is 33.8 Å². The molecule has 1 amide bonds. The van der Waals surface area contributed by atoms with Crippen molar-refractivity contribution in [3.63, 3.8) is 0 Å². The van der Waals surface area contributed by atoms with Crippen LogP contribution in [-0.4, -0.2) is 39.2 Å². The number of anilines is 1. The number of carbonyl (C=O) groups excluding carboxylic acids is 2. The lowest BCUT2D eigenvalue weighted by Crippen LogP contribution is -2.30. The summed E-state index contributed by atoms with van der Waals surface area (Å²) < 4.78 is 43.9. The van der Waals surface area contributed by atoms with Crippen molar-refractivity contribution in [2.45, 2.75) is 19.4 Å². The van der Waals surface area contributed by atoms with Crippen molar-refractivity contribution in [2.75, 3.05) is 18.1 Å². The quantitative estimate of drug-likeness (QED) is 0.551. The highest BCUT2D eigenvalue weighted by atomic mass is 79.9. The molecule has 28 heavy (non-hydrogen) atoms. The molecule has 0 saturated carbocycles. The van der Waals surface area contributed by atoms with Gasteiger partial charge in [0.1, 0.15) is 10.7 Å². The first-order valence-corrected chi connectivity index (χ1v) is 11.6. The van der Waals surface area contributed by atoms with Crippen LogP contribution in [0.5, 0.6) is 0 Å². The third-order valence-electron chi connectivity index (χ3n) is 3.44. The van der Waals surface area contributed by atoms with Gasteiger partial charge in [-0.3, -0.25) is 4.79 Å². The Bertz CT molecular complexity index is 978. The van der Waals surface area contributed by atoms with E-state index in [4.69, 9.17) is 4.74 Å². The lowest BCUT2D eigenvalue weighted by Gasteiger charge is -2.13. The van der Waals surface area contributed by atoms with Gasteiger partial charge >= 0.3 is 5.97 Å². The van der Waals surface area contributed by atoms with E-state index in [-0.39, 0.29) is 17.1 Å². The fraction of sp³-hybridized carbons (Fsp3) is 0.294. The molecule has 2 N–H and O–H groups in total. The fourth-order valence-corrected chi connectivity index (χ4v) is 3.78. The number of thiophene rings is 1.